The lowest BCUT2D eigenvalue weighted by Crippen LogP contribution is -2.35. The van der Waals surface area contributed by atoms with Crippen LogP contribution >= 0.6 is 11.6 Å². The van der Waals surface area contributed by atoms with Gasteiger partial charge in [0.25, 0.3) is 5.91 Å². The second-order valence-corrected chi connectivity index (χ2v) is 10.8. The minimum absolute atomic E-state index is 0.0475. The number of carbonyl (C=O) groups excluding carboxylic acids is 1. The normalized spacial score (nSPS) is 16.8. The molecule has 1 atom stereocenters. The Morgan fingerprint density at radius 2 is 2.03 bits per heavy atom. The van der Waals surface area contributed by atoms with Crippen molar-refractivity contribution in [2.24, 2.45) is 0 Å². The standard InChI is InChI=1S/C24H17ClFN5O3S/c25-20-5-1-14(11-27)9-19(20)23-18-4-2-15(24(32)29-17-7-8-35(33,34)13-17)10-21(18)31(30-23)22-6-3-16(26)12-28-22/h1-6,9-10,12,17H,7-8,13H2,(H,29,32)/t17-/m1/s1. The number of aromatic nitrogens is 3. The molecule has 176 valence electrons. The molecule has 5 rings (SSSR count). The highest BCUT2D eigenvalue weighted by Gasteiger charge is 2.29. The molecule has 1 saturated heterocycles. The Hall–Kier alpha value is -3.81. The Balaban J connectivity index is 1.63. The maximum Gasteiger partial charge on any atom is 0.251 e. The maximum absolute atomic E-state index is 13.5. The predicted molar refractivity (Wildman–Crippen MR) is 129 cm³/mol. The van der Waals surface area contributed by atoms with Crippen molar-refractivity contribution in [1.82, 2.24) is 20.1 Å². The van der Waals surface area contributed by atoms with Crippen molar-refractivity contribution in [3.05, 3.63) is 76.7 Å². The first-order chi connectivity index (χ1) is 16.7. The van der Waals surface area contributed by atoms with E-state index in [-0.39, 0.29) is 11.5 Å². The van der Waals surface area contributed by atoms with Gasteiger partial charge < -0.3 is 5.32 Å². The Kier molecular flexibility index (Phi) is 5.75. The third-order valence-corrected chi connectivity index (χ3v) is 7.89. The van der Waals surface area contributed by atoms with Crippen LogP contribution in [0.4, 0.5) is 4.39 Å². The first-order valence-corrected chi connectivity index (χ1v) is 12.8. The zero-order valence-electron chi connectivity index (χ0n) is 18.1. The van der Waals surface area contributed by atoms with Gasteiger partial charge in [0.15, 0.2) is 15.7 Å². The number of hydrogen-bond acceptors (Lipinski definition) is 6. The third-order valence-electron chi connectivity index (χ3n) is 5.79. The average Bonchev–Trinajstić information content (AvgIpc) is 3.39. The highest BCUT2D eigenvalue weighted by molar-refractivity contribution is 7.91. The van der Waals surface area contributed by atoms with Crippen LogP contribution in [0.5, 0.6) is 0 Å². The molecule has 11 heteroatoms. The fraction of sp³-hybridized carbons (Fsp3) is 0.167. The van der Waals surface area contributed by atoms with Gasteiger partial charge in [-0.25, -0.2) is 22.5 Å². The molecule has 2 aromatic heterocycles. The van der Waals surface area contributed by atoms with E-state index in [4.69, 9.17) is 11.6 Å². The summed E-state index contributed by atoms with van der Waals surface area (Å²) in [6, 6.07) is 14.1. The number of nitrogens with one attached hydrogen (secondary N) is 1. The van der Waals surface area contributed by atoms with E-state index in [1.165, 1.54) is 16.8 Å². The van der Waals surface area contributed by atoms with Crippen LogP contribution in [0.25, 0.3) is 28.0 Å². The highest BCUT2D eigenvalue weighted by Crippen LogP contribution is 2.35. The van der Waals surface area contributed by atoms with E-state index in [0.29, 0.717) is 50.5 Å². The summed E-state index contributed by atoms with van der Waals surface area (Å²) in [5.41, 5.74) is 2.18. The number of benzene rings is 2. The lowest BCUT2D eigenvalue weighted by Gasteiger charge is -2.11. The maximum atomic E-state index is 13.5. The molecule has 0 bridgehead atoms. The highest BCUT2D eigenvalue weighted by atomic mass is 35.5. The molecular formula is C24H17ClFN5O3S. The molecule has 1 N–H and O–H groups in total. The van der Waals surface area contributed by atoms with E-state index in [2.05, 4.69) is 21.5 Å². The number of carbonyl (C=O) groups is 1. The molecule has 4 aromatic rings. The van der Waals surface area contributed by atoms with Crippen molar-refractivity contribution in [3.8, 4) is 23.1 Å². The lowest BCUT2D eigenvalue weighted by molar-refractivity contribution is 0.0941. The molecule has 1 aliphatic rings. The topological polar surface area (TPSA) is 118 Å². The van der Waals surface area contributed by atoms with E-state index >= 15 is 0 Å². The molecule has 8 nitrogen and oxygen atoms in total. The summed E-state index contributed by atoms with van der Waals surface area (Å²) in [6.07, 6.45) is 1.43. The third kappa shape index (κ3) is 4.48. The van der Waals surface area contributed by atoms with Gasteiger partial charge in [-0.05, 0) is 55.0 Å². The SMILES string of the molecule is N#Cc1ccc(Cl)c(-c2nn(-c3ccc(F)cn3)c3cc(C(=O)N[C@@H]4CCS(=O)(=O)C4)ccc23)c1. The number of sulfone groups is 1. The van der Waals surface area contributed by atoms with Crippen LogP contribution in [0.15, 0.2) is 54.7 Å². The van der Waals surface area contributed by atoms with Crippen molar-refractivity contribution < 1.29 is 17.6 Å². The molecule has 0 aliphatic carbocycles. The number of nitriles is 1. The largest absolute Gasteiger partial charge is 0.348 e. The second kappa shape index (κ2) is 8.76. The van der Waals surface area contributed by atoms with Crippen LogP contribution in [0.2, 0.25) is 5.02 Å². The molecule has 0 saturated carbocycles. The first-order valence-electron chi connectivity index (χ1n) is 10.6. The molecule has 35 heavy (non-hydrogen) atoms. The number of halogens is 2. The molecule has 0 unspecified atom stereocenters. The fourth-order valence-corrected chi connectivity index (χ4v) is 5.96. The fourth-order valence-electron chi connectivity index (χ4n) is 4.08. The summed E-state index contributed by atoms with van der Waals surface area (Å²) in [4.78, 5) is 17.0. The molecule has 1 fully saturated rings. The van der Waals surface area contributed by atoms with Gasteiger partial charge in [0.1, 0.15) is 11.5 Å². The van der Waals surface area contributed by atoms with E-state index in [1.807, 2.05) is 0 Å². The van der Waals surface area contributed by atoms with Crippen molar-refractivity contribution in [2.45, 2.75) is 12.5 Å². The Labute approximate surface area is 204 Å². The van der Waals surface area contributed by atoms with Crippen LogP contribution in [0.3, 0.4) is 0 Å². The number of rotatable bonds is 4. The Morgan fingerprint density at radius 3 is 2.71 bits per heavy atom. The van der Waals surface area contributed by atoms with Gasteiger partial charge in [-0.3, -0.25) is 4.79 Å². The van der Waals surface area contributed by atoms with Gasteiger partial charge in [-0.1, -0.05) is 11.6 Å². The van der Waals surface area contributed by atoms with E-state index < -0.39 is 27.6 Å². The molecule has 0 spiro atoms. The number of hydrogen-bond donors (Lipinski definition) is 1. The van der Waals surface area contributed by atoms with Crippen molar-refractivity contribution in [1.29, 1.82) is 5.26 Å². The average molecular weight is 510 g/mol. The summed E-state index contributed by atoms with van der Waals surface area (Å²) in [7, 11) is -3.14. The first kappa shape index (κ1) is 23.0. The van der Waals surface area contributed by atoms with Gasteiger partial charge >= 0.3 is 0 Å². The van der Waals surface area contributed by atoms with E-state index in [9.17, 15) is 22.9 Å². The Morgan fingerprint density at radius 1 is 1.20 bits per heavy atom. The molecule has 1 aliphatic heterocycles. The second-order valence-electron chi connectivity index (χ2n) is 8.21. The van der Waals surface area contributed by atoms with Gasteiger partial charge in [0.2, 0.25) is 0 Å². The molecular weight excluding hydrogens is 493 g/mol. The monoisotopic (exact) mass is 509 g/mol. The van der Waals surface area contributed by atoms with Crippen molar-refractivity contribution in [3.63, 3.8) is 0 Å². The minimum Gasteiger partial charge on any atom is -0.348 e. The van der Waals surface area contributed by atoms with Crippen LogP contribution < -0.4 is 5.32 Å². The van der Waals surface area contributed by atoms with Gasteiger partial charge in [0, 0.05) is 22.6 Å². The molecule has 0 radical (unpaired) electrons. The summed E-state index contributed by atoms with van der Waals surface area (Å²) >= 11 is 6.43. The molecule has 2 aromatic carbocycles. The van der Waals surface area contributed by atoms with E-state index in [1.54, 1.807) is 36.4 Å². The number of amides is 1. The Bertz CT molecular complexity index is 1630. The predicted octanol–water partition coefficient (Wildman–Crippen LogP) is 3.67. The van der Waals surface area contributed by atoms with Gasteiger partial charge in [-0.2, -0.15) is 10.4 Å². The zero-order chi connectivity index (χ0) is 24.7. The van der Waals surface area contributed by atoms with Gasteiger partial charge in [-0.15, -0.1) is 0 Å². The van der Waals surface area contributed by atoms with Crippen LogP contribution in [-0.2, 0) is 9.84 Å². The van der Waals surface area contributed by atoms with Gasteiger partial charge in [0.05, 0.1) is 39.9 Å². The zero-order valence-corrected chi connectivity index (χ0v) is 19.6. The number of fused-ring (bicyclic) bond motifs is 1. The lowest BCUT2D eigenvalue weighted by atomic mass is 10.0. The van der Waals surface area contributed by atoms with Crippen LogP contribution in [0.1, 0.15) is 22.3 Å². The summed E-state index contributed by atoms with van der Waals surface area (Å²) < 4.78 is 38.5. The molecule has 3 heterocycles. The quantitative estimate of drug-likeness (QED) is 0.448. The smallest absolute Gasteiger partial charge is 0.251 e. The van der Waals surface area contributed by atoms with Crippen molar-refractivity contribution in [2.75, 3.05) is 11.5 Å². The minimum atomic E-state index is -3.14. The summed E-state index contributed by atoms with van der Waals surface area (Å²) in [5, 5.41) is 17.8. The van der Waals surface area contributed by atoms with Crippen LogP contribution in [0, 0.1) is 17.1 Å². The number of nitrogens with zero attached hydrogens (tertiary/aromatic N) is 4. The summed E-state index contributed by atoms with van der Waals surface area (Å²) in [6.45, 7) is 0. The molecule has 1 amide bonds. The van der Waals surface area contributed by atoms with Crippen LogP contribution in [-0.4, -0.2) is 46.6 Å². The summed E-state index contributed by atoms with van der Waals surface area (Å²) in [5.74, 6) is -0.654. The number of pyridine rings is 1. The van der Waals surface area contributed by atoms with Crippen molar-refractivity contribution >= 4 is 38.2 Å². The van der Waals surface area contributed by atoms with E-state index in [0.717, 1.165) is 6.20 Å².